The first-order valence-corrected chi connectivity index (χ1v) is 10.4. The van der Waals surface area contributed by atoms with Gasteiger partial charge in [0, 0.05) is 36.4 Å². The fourth-order valence-corrected chi connectivity index (χ4v) is 3.95. The van der Waals surface area contributed by atoms with Gasteiger partial charge in [0.2, 0.25) is 11.7 Å². The number of hydrogen-bond donors (Lipinski definition) is 2. The molecule has 1 fully saturated rings. The summed E-state index contributed by atoms with van der Waals surface area (Å²) < 4.78 is 10.9. The highest BCUT2D eigenvalue weighted by molar-refractivity contribution is 6.26. The number of nitrogens with one attached hydrogen (secondary N) is 2. The number of ether oxygens (including phenoxy) is 2. The molecule has 0 bridgehead atoms. The smallest absolute Gasteiger partial charge is 0.347 e. The zero-order valence-corrected chi connectivity index (χ0v) is 17.2. The summed E-state index contributed by atoms with van der Waals surface area (Å²) in [4.78, 5) is 32.8. The number of pyridine rings is 1. The van der Waals surface area contributed by atoms with Crippen LogP contribution < -0.4 is 5.43 Å². The molecule has 1 aliphatic heterocycles. The Morgan fingerprint density at radius 3 is 2.97 bits per heavy atom. The number of H-pyrrole nitrogens is 1. The molecule has 4 rings (SSSR count). The summed E-state index contributed by atoms with van der Waals surface area (Å²) in [5.41, 5.74) is 4.48. The number of aromatic amines is 1. The van der Waals surface area contributed by atoms with Crippen molar-refractivity contribution in [3.8, 4) is 0 Å². The SMILES string of the molecule is CCOC(=O)C1=C(NN(C)C2CCCCC2)O/C(=C\c2c[nH]c3ncccc23)C1=O. The van der Waals surface area contributed by atoms with Crippen LogP contribution in [0.4, 0.5) is 0 Å². The van der Waals surface area contributed by atoms with Crippen LogP contribution in [-0.4, -0.2) is 46.4 Å². The van der Waals surface area contributed by atoms with Crippen LogP contribution in [-0.2, 0) is 19.1 Å². The number of nitrogens with zero attached hydrogens (tertiary/aromatic N) is 2. The lowest BCUT2D eigenvalue weighted by atomic mass is 9.95. The van der Waals surface area contributed by atoms with Gasteiger partial charge in [0.25, 0.3) is 0 Å². The number of carbonyl (C=O) groups is 2. The molecule has 2 aromatic heterocycles. The van der Waals surface area contributed by atoms with Crippen LogP contribution in [0.3, 0.4) is 0 Å². The van der Waals surface area contributed by atoms with Crippen LogP contribution in [0.1, 0.15) is 44.6 Å². The molecule has 2 N–H and O–H groups in total. The van der Waals surface area contributed by atoms with E-state index >= 15 is 0 Å². The molecule has 0 radical (unpaired) electrons. The van der Waals surface area contributed by atoms with E-state index in [9.17, 15) is 9.59 Å². The Kier molecular flexibility index (Phi) is 5.85. The summed E-state index contributed by atoms with van der Waals surface area (Å²) in [6, 6.07) is 4.05. The minimum Gasteiger partial charge on any atom is -0.462 e. The number of carbonyl (C=O) groups excluding carboxylic acids is 2. The highest BCUT2D eigenvalue weighted by Gasteiger charge is 2.38. The van der Waals surface area contributed by atoms with Gasteiger partial charge in [0.1, 0.15) is 5.65 Å². The Bertz CT molecular complexity index is 1020. The first kappa shape index (κ1) is 20.2. The Morgan fingerprint density at radius 1 is 1.40 bits per heavy atom. The number of aromatic nitrogens is 2. The number of allylic oxidation sites excluding steroid dienone is 1. The number of ketones is 1. The van der Waals surface area contributed by atoms with Crippen LogP contribution >= 0.6 is 0 Å². The van der Waals surface area contributed by atoms with E-state index < -0.39 is 11.8 Å². The van der Waals surface area contributed by atoms with Crippen molar-refractivity contribution >= 4 is 28.9 Å². The van der Waals surface area contributed by atoms with Crippen molar-refractivity contribution in [2.75, 3.05) is 13.7 Å². The van der Waals surface area contributed by atoms with Gasteiger partial charge in [-0.25, -0.2) is 14.8 Å². The number of fused-ring (bicyclic) bond motifs is 1. The fourth-order valence-electron chi connectivity index (χ4n) is 3.95. The number of hydrogen-bond acceptors (Lipinski definition) is 7. The van der Waals surface area contributed by atoms with Gasteiger partial charge in [0.15, 0.2) is 11.3 Å². The van der Waals surface area contributed by atoms with Gasteiger partial charge in [-0.05, 0) is 38.0 Å². The van der Waals surface area contributed by atoms with Crippen molar-refractivity contribution in [1.82, 2.24) is 20.4 Å². The Labute approximate surface area is 174 Å². The molecule has 0 saturated heterocycles. The highest BCUT2D eigenvalue weighted by atomic mass is 16.5. The molecule has 0 spiro atoms. The van der Waals surface area contributed by atoms with Crippen LogP contribution in [0.5, 0.6) is 0 Å². The molecule has 0 aromatic carbocycles. The number of hydrazine groups is 1. The average molecular weight is 410 g/mol. The normalized spacial score (nSPS) is 19.0. The Balaban J connectivity index is 1.62. The molecular formula is C22H26N4O4. The predicted octanol–water partition coefficient (Wildman–Crippen LogP) is 3.05. The van der Waals surface area contributed by atoms with Crippen molar-refractivity contribution in [2.24, 2.45) is 0 Å². The summed E-state index contributed by atoms with van der Waals surface area (Å²) >= 11 is 0. The predicted molar refractivity (Wildman–Crippen MR) is 112 cm³/mol. The van der Waals surface area contributed by atoms with Gasteiger partial charge < -0.3 is 14.5 Å². The van der Waals surface area contributed by atoms with Crippen LogP contribution in [0, 0.1) is 0 Å². The van der Waals surface area contributed by atoms with Crippen molar-refractivity contribution in [2.45, 2.75) is 45.1 Å². The van der Waals surface area contributed by atoms with Crippen LogP contribution in [0.2, 0.25) is 0 Å². The lowest BCUT2D eigenvalue weighted by Gasteiger charge is -2.31. The van der Waals surface area contributed by atoms with Gasteiger partial charge in [-0.15, -0.1) is 0 Å². The Morgan fingerprint density at radius 2 is 2.20 bits per heavy atom. The van der Waals surface area contributed by atoms with Crippen molar-refractivity contribution in [3.05, 3.63) is 47.3 Å². The second-order valence-electron chi connectivity index (χ2n) is 7.52. The highest BCUT2D eigenvalue weighted by Crippen LogP contribution is 2.29. The largest absolute Gasteiger partial charge is 0.462 e. The van der Waals surface area contributed by atoms with Crippen LogP contribution in [0.25, 0.3) is 17.1 Å². The molecule has 8 nitrogen and oxygen atoms in total. The quantitative estimate of drug-likeness (QED) is 0.327. The maximum Gasteiger partial charge on any atom is 0.347 e. The third-order valence-corrected chi connectivity index (χ3v) is 5.54. The van der Waals surface area contributed by atoms with Gasteiger partial charge in [-0.2, -0.15) is 0 Å². The van der Waals surface area contributed by atoms with Crippen molar-refractivity contribution in [3.63, 3.8) is 0 Å². The maximum absolute atomic E-state index is 13.0. The number of esters is 1. The van der Waals surface area contributed by atoms with E-state index in [1.54, 1.807) is 25.4 Å². The van der Waals surface area contributed by atoms with Crippen molar-refractivity contribution < 1.29 is 19.1 Å². The van der Waals surface area contributed by atoms with E-state index in [0.717, 1.165) is 23.8 Å². The summed E-state index contributed by atoms with van der Waals surface area (Å²) in [6.07, 6.45) is 10.8. The van der Waals surface area contributed by atoms with E-state index in [-0.39, 0.29) is 23.8 Å². The molecule has 30 heavy (non-hydrogen) atoms. The molecule has 2 aromatic rings. The summed E-state index contributed by atoms with van der Waals surface area (Å²) in [7, 11) is 1.91. The van der Waals surface area contributed by atoms with Crippen molar-refractivity contribution in [1.29, 1.82) is 0 Å². The standard InChI is InChI=1S/C22H26N4O4/c1-3-29-22(28)18-19(27)17(12-14-13-24-20-16(14)10-7-11-23-20)30-21(18)25-26(2)15-8-5-4-6-9-15/h7,10-13,15,25H,3-6,8-9H2,1-2H3,(H,23,24)/b17-12-. The molecule has 8 heteroatoms. The first-order valence-electron chi connectivity index (χ1n) is 10.4. The van der Waals surface area contributed by atoms with Gasteiger partial charge in [-0.3, -0.25) is 10.2 Å². The minimum atomic E-state index is -0.689. The van der Waals surface area contributed by atoms with E-state index in [2.05, 4.69) is 15.4 Å². The van der Waals surface area contributed by atoms with Gasteiger partial charge >= 0.3 is 5.97 Å². The molecule has 0 unspecified atom stereocenters. The summed E-state index contributed by atoms with van der Waals surface area (Å²) in [6.45, 7) is 1.88. The second-order valence-corrected chi connectivity index (χ2v) is 7.52. The van der Waals surface area contributed by atoms with E-state index in [1.165, 1.54) is 19.3 Å². The molecule has 0 amide bonds. The lowest BCUT2D eigenvalue weighted by molar-refractivity contribution is -0.139. The maximum atomic E-state index is 13.0. The minimum absolute atomic E-state index is 0.0716. The van der Waals surface area contributed by atoms with Gasteiger partial charge in [0.05, 0.1) is 6.61 Å². The number of Topliss-reactive ketones (excluding diaryl/α,β-unsaturated/α-hetero) is 1. The lowest BCUT2D eigenvalue weighted by Crippen LogP contribution is -2.43. The van der Waals surface area contributed by atoms with E-state index in [4.69, 9.17) is 9.47 Å². The third kappa shape index (κ3) is 3.95. The first-order chi connectivity index (χ1) is 14.6. The second kappa shape index (κ2) is 8.71. The molecule has 3 heterocycles. The molecule has 1 aliphatic carbocycles. The molecule has 1 saturated carbocycles. The van der Waals surface area contributed by atoms with Gasteiger partial charge in [-0.1, -0.05) is 19.3 Å². The van der Waals surface area contributed by atoms with Crippen LogP contribution in [0.15, 0.2) is 41.7 Å². The van der Waals surface area contributed by atoms with E-state index in [1.807, 2.05) is 24.2 Å². The van der Waals surface area contributed by atoms with E-state index in [0.29, 0.717) is 11.7 Å². The number of rotatable bonds is 6. The average Bonchev–Trinajstić information content (AvgIpc) is 3.30. The molecular weight excluding hydrogens is 384 g/mol. The molecule has 0 atom stereocenters. The molecule has 2 aliphatic rings. The summed E-state index contributed by atoms with van der Waals surface area (Å²) in [5, 5.41) is 2.79. The zero-order chi connectivity index (χ0) is 21.1. The topological polar surface area (TPSA) is 96.6 Å². The fraction of sp³-hybridized carbons (Fsp3) is 0.409. The zero-order valence-electron chi connectivity index (χ0n) is 17.2. The summed E-state index contributed by atoms with van der Waals surface area (Å²) in [5.74, 6) is -0.990. The monoisotopic (exact) mass is 410 g/mol. The Hall–Kier alpha value is -3.13. The molecule has 158 valence electrons. The third-order valence-electron chi connectivity index (χ3n) is 5.54.